The molecular weight excluding hydrogens is 270 g/mol. The van der Waals surface area contributed by atoms with Gasteiger partial charge in [-0.05, 0) is 24.3 Å². The number of nitrogens with zero attached hydrogens (tertiary/aromatic N) is 1. The maximum absolute atomic E-state index is 11.7. The number of benzene rings is 1. The van der Waals surface area contributed by atoms with E-state index in [1.54, 1.807) is 36.1 Å². The van der Waals surface area contributed by atoms with Crippen molar-refractivity contribution in [3.05, 3.63) is 24.3 Å². The van der Waals surface area contributed by atoms with Crippen LogP contribution in [0.5, 0.6) is 0 Å². The van der Waals surface area contributed by atoms with Crippen molar-refractivity contribution in [2.75, 3.05) is 23.3 Å². The van der Waals surface area contributed by atoms with Gasteiger partial charge in [0, 0.05) is 44.7 Å². The minimum absolute atomic E-state index is 0.0421. The van der Waals surface area contributed by atoms with E-state index in [9.17, 15) is 14.4 Å². The van der Waals surface area contributed by atoms with Gasteiger partial charge in [0.05, 0.1) is 0 Å². The minimum Gasteiger partial charge on any atom is -0.354 e. The zero-order chi connectivity index (χ0) is 15.8. The molecule has 6 heteroatoms. The molecule has 0 aliphatic heterocycles. The Morgan fingerprint density at radius 2 is 1.71 bits per heavy atom. The highest BCUT2D eigenvalue weighted by atomic mass is 16.2. The Morgan fingerprint density at radius 1 is 1.10 bits per heavy atom. The minimum atomic E-state index is -0.145. The fourth-order valence-corrected chi connectivity index (χ4v) is 1.83. The summed E-state index contributed by atoms with van der Waals surface area (Å²) in [7, 11) is 0. The molecule has 0 saturated carbocycles. The fraction of sp³-hybridized carbons (Fsp3) is 0.400. The van der Waals surface area contributed by atoms with E-state index in [0.717, 1.165) is 5.69 Å². The van der Waals surface area contributed by atoms with Gasteiger partial charge < -0.3 is 15.5 Å². The molecule has 1 rings (SSSR count). The van der Waals surface area contributed by atoms with Crippen molar-refractivity contribution < 1.29 is 14.4 Å². The van der Waals surface area contributed by atoms with Crippen molar-refractivity contribution in [2.24, 2.45) is 0 Å². The van der Waals surface area contributed by atoms with Crippen LogP contribution >= 0.6 is 0 Å². The van der Waals surface area contributed by atoms with Crippen molar-refractivity contribution in [2.45, 2.75) is 27.2 Å². The Labute approximate surface area is 124 Å². The SMILES string of the molecule is CCC(=O)NCCN(C(C)=O)c1ccc(NC(C)=O)cc1. The lowest BCUT2D eigenvalue weighted by Crippen LogP contribution is -2.37. The van der Waals surface area contributed by atoms with Gasteiger partial charge in [-0.25, -0.2) is 0 Å². The second kappa shape index (κ2) is 8.04. The molecular formula is C15H21N3O3. The second-order valence-corrected chi connectivity index (χ2v) is 4.60. The Balaban J connectivity index is 2.69. The first-order chi connectivity index (χ1) is 9.93. The molecule has 6 nitrogen and oxygen atoms in total. The van der Waals surface area contributed by atoms with Crippen LogP contribution in [0.4, 0.5) is 11.4 Å². The first-order valence-electron chi connectivity index (χ1n) is 6.86. The van der Waals surface area contributed by atoms with Gasteiger partial charge in [0.15, 0.2) is 0 Å². The van der Waals surface area contributed by atoms with Crippen LogP contribution in [0.1, 0.15) is 27.2 Å². The Bertz CT molecular complexity index is 511. The molecule has 2 N–H and O–H groups in total. The van der Waals surface area contributed by atoms with Crippen molar-refractivity contribution >= 4 is 29.1 Å². The molecule has 0 bridgehead atoms. The van der Waals surface area contributed by atoms with Gasteiger partial charge in [0.2, 0.25) is 17.7 Å². The lowest BCUT2D eigenvalue weighted by atomic mass is 10.2. The average Bonchev–Trinajstić information content (AvgIpc) is 2.43. The molecule has 1 aromatic carbocycles. The largest absolute Gasteiger partial charge is 0.354 e. The molecule has 0 saturated heterocycles. The zero-order valence-electron chi connectivity index (χ0n) is 12.6. The Kier molecular flexibility index (Phi) is 6.39. The Morgan fingerprint density at radius 3 is 2.19 bits per heavy atom. The number of rotatable bonds is 6. The quantitative estimate of drug-likeness (QED) is 0.834. The predicted octanol–water partition coefficient (Wildman–Crippen LogP) is 1.52. The van der Waals surface area contributed by atoms with Crippen LogP contribution in [0.25, 0.3) is 0 Å². The van der Waals surface area contributed by atoms with Crippen LogP contribution in [-0.4, -0.2) is 30.8 Å². The van der Waals surface area contributed by atoms with Gasteiger partial charge in [0.1, 0.15) is 0 Å². The van der Waals surface area contributed by atoms with E-state index in [0.29, 0.717) is 25.2 Å². The molecule has 0 aliphatic carbocycles. The van der Waals surface area contributed by atoms with E-state index in [2.05, 4.69) is 10.6 Å². The van der Waals surface area contributed by atoms with Gasteiger partial charge >= 0.3 is 0 Å². The molecule has 114 valence electrons. The third kappa shape index (κ3) is 5.64. The molecule has 0 radical (unpaired) electrons. The molecule has 0 spiro atoms. The highest BCUT2D eigenvalue weighted by Crippen LogP contribution is 2.18. The smallest absolute Gasteiger partial charge is 0.223 e. The molecule has 21 heavy (non-hydrogen) atoms. The Hall–Kier alpha value is -2.37. The van der Waals surface area contributed by atoms with Crippen molar-refractivity contribution in [3.8, 4) is 0 Å². The van der Waals surface area contributed by atoms with E-state index in [1.807, 2.05) is 0 Å². The fourth-order valence-electron chi connectivity index (χ4n) is 1.83. The normalized spacial score (nSPS) is 9.86. The van der Waals surface area contributed by atoms with Crippen LogP contribution in [0.15, 0.2) is 24.3 Å². The lowest BCUT2D eigenvalue weighted by molar-refractivity contribution is -0.121. The number of nitrogens with one attached hydrogen (secondary N) is 2. The van der Waals surface area contributed by atoms with Crippen molar-refractivity contribution in [3.63, 3.8) is 0 Å². The molecule has 3 amide bonds. The molecule has 0 heterocycles. The molecule has 0 aromatic heterocycles. The third-order valence-electron chi connectivity index (χ3n) is 2.86. The van der Waals surface area contributed by atoms with Crippen LogP contribution < -0.4 is 15.5 Å². The van der Waals surface area contributed by atoms with Gasteiger partial charge in [0.25, 0.3) is 0 Å². The van der Waals surface area contributed by atoms with Crippen LogP contribution in [0.3, 0.4) is 0 Å². The molecule has 1 aromatic rings. The maximum Gasteiger partial charge on any atom is 0.223 e. The standard InChI is InChI=1S/C15H21N3O3/c1-4-15(21)16-9-10-18(12(3)20)14-7-5-13(6-8-14)17-11(2)19/h5-8H,4,9-10H2,1-3H3,(H,16,21)(H,17,19). The molecule has 0 aliphatic rings. The van der Waals surface area contributed by atoms with Gasteiger partial charge in [-0.3, -0.25) is 14.4 Å². The van der Waals surface area contributed by atoms with E-state index < -0.39 is 0 Å². The first-order valence-corrected chi connectivity index (χ1v) is 6.86. The van der Waals surface area contributed by atoms with Crippen LogP contribution in [0.2, 0.25) is 0 Å². The summed E-state index contributed by atoms with van der Waals surface area (Å²) in [6.45, 7) is 5.49. The molecule has 0 unspecified atom stereocenters. The monoisotopic (exact) mass is 291 g/mol. The number of carbonyl (C=O) groups excluding carboxylic acids is 3. The average molecular weight is 291 g/mol. The number of carbonyl (C=O) groups is 3. The number of anilines is 2. The van der Waals surface area contributed by atoms with Crippen LogP contribution in [0, 0.1) is 0 Å². The summed E-state index contributed by atoms with van der Waals surface area (Å²) >= 11 is 0. The summed E-state index contributed by atoms with van der Waals surface area (Å²) < 4.78 is 0. The second-order valence-electron chi connectivity index (χ2n) is 4.60. The summed E-state index contributed by atoms with van der Waals surface area (Å²) in [6.07, 6.45) is 0.422. The molecule has 0 atom stereocenters. The predicted molar refractivity (Wildman–Crippen MR) is 82.1 cm³/mol. The van der Waals surface area contributed by atoms with E-state index in [-0.39, 0.29) is 17.7 Å². The van der Waals surface area contributed by atoms with Crippen LogP contribution in [-0.2, 0) is 14.4 Å². The third-order valence-corrected chi connectivity index (χ3v) is 2.86. The van der Waals surface area contributed by atoms with Gasteiger partial charge in [-0.15, -0.1) is 0 Å². The maximum atomic E-state index is 11.7. The van der Waals surface area contributed by atoms with Crippen molar-refractivity contribution in [1.82, 2.24) is 5.32 Å². The topological polar surface area (TPSA) is 78.5 Å². The summed E-state index contributed by atoms with van der Waals surface area (Å²) in [4.78, 5) is 35.4. The van der Waals surface area contributed by atoms with Gasteiger partial charge in [-0.1, -0.05) is 6.92 Å². The highest BCUT2D eigenvalue weighted by molar-refractivity contribution is 5.92. The number of hydrogen-bond donors (Lipinski definition) is 2. The summed E-state index contributed by atoms with van der Waals surface area (Å²) in [5.74, 6) is -0.291. The lowest BCUT2D eigenvalue weighted by Gasteiger charge is -2.21. The summed E-state index contributed by atoms with van der Waals surface area (Å²) in [6, 6.07) is 6.98. The summed E-state index contributed by atoms with van der Waals surface area (Å²) in [5, 5.41) is 5.40. The van der Waals surface area contributed by atoms with Gasteiger partial charge in [-0.2, -0.15) is 0 Å². The number of amides is 3. The first kappa shape index (κ1) is 16.7. The summed E-state index contributed by atoms with van der Waals surface area (Å²) in [5.41, 5.74) is 1.40. The van der Waals surface area contributed by atoms with Crippen molar-refractivity contribution in [1.29, 1.82) is 0 Å². The number of hydrogen-bond acceptors (Lipinski definition) is 3. The van der Waals surface area contributed by atoms with E-state index >= 15 is 0 Å². The van der Waals surface area contributed by atoms with E-state index in [1.165, 1.54) is 13.8 Å². The highest BCUT2D eigenvalue weighted by Gasteiger charge is 2.11. The van der Waals surface area contributed by atoms with E-state index in [4.69, 9.17) is 0 Å². The zero-order valence-corrected chi connectivity index (χ0v) is 12.6. The molecule has 0 fully saturated rings.